The topological polar surface area (TPSA) is 17.1 Å². The van der Waals surface area contributed by atoms with Gasteiger partial charge in [-0.05, 0) is 0 Å². The van der Waals surface area contributed by atoms with Crippen molar-refractivity contribution in [2.24, 2.45) is 0 Å². The Morgan fingerprint density at radius 1 is 0.476 bits per heavy atom. The molecule has 0 aliphatic heterocycles. The van der Waals surface area contributed by atoms with E-state index in [0.717, 1.165) is 0 Å². The normalized spacial score (nSPS) is 16.0. The first-order valence-corrected chi connectivity index (χ1v) is 18.8. The highest BCUT2D eigenvalue weighted by Crippen LogP contribution is 2.75. The van der Waals surface area contributed by atoms with Crippen molar-refractivity contribution in [1.29, 1.82) is 0 Å². The van der Waals surface area contributed by atoms with E-state index in [4.69, 9.17) is 0 Å². The Morgan fingerprint density at radius 2 is 0.762 bits per heavy atom. The summed E-state index contributed by atoms with van der Waals surface area (Å²) in [7, 11) is 0. The van der Waals surface area contributed by atoms with Crippen LogP contribution in [0.5, 0.6) is 0 Å². The maximum atomic E-state index is 11.7. The molecule has 0 rings (SSSR count). The van der Waals surface area contributed by atoms with Gasteiger partial charge < -0.3 is 0 Å². The van der Waals surface area contributed by atoms with Crippen LogP contribution in [0.15, 0.2) is 0 Å². The molecule has 0 N–H and O–H groups in total. The molecule has 21 heavy (non-hydrogen) atoms. The minimum Gasteiger partial charge on any atom is -0.0623 e. The molecule has 0 saturated heterocycles. The summed E-state index contributed by atoms with van der Waals surface area (Å²) < 4.78 is 10.8. The van der Waals surface area contributed by atoms with Gasteiger partial charge in [0.05, 0.1) is 0 Å². The van der Waals surface area contributed by atoms with Crippen LogP contribution in [-0.2, 0) is 15.9 Å². The summed E-state index contributed by atoms with van der Waals surface area (Å²) >= 11 is 33.1. The molecule has 15 heteroatoms. The highest BCUT2D eigenvalue weighted by atomic mass is 127. The van der Waals surface area contributed by atoms with Crippen molar-refractivity contribution >= 4 is 305 Å². The molecular weight excluding hydrogens is 1770 g/mol. The zero-order valence-electron chi connectivity index (χ0n) is 8.73. The third-order valence-corrected chi connectivity index (χ3v) is 44.0. The molecule has 0 amide bonds. The lowest BCUT2D eigenvalue weighted by molar-refractivity contribution is 0.601. The lowest BCUT2D eigenvalue weighted by atomic mass is 10.2. The maximum Gasteiger partial charge on any atom is 0.490 e. The Kier molecular flexibility index (Phi) is 16.1. The molecule has 0 aliphatic carbocycles. The zero-order chi connectivity index (χ0) is 17.7. The highest BCUT2D eigenvalue weighted by molar-refractivity contribution is 14.3. The fraction of sp³-hybridized carbons (Fsp3) is 1.00. The van der Waals surface area contributed by atoms with E-state index in [0.29, 0.717) is 11.7 Å². The Morgan fingerprint density at radius 3 is 1.00 bits per heavy atom. The second-order valence-electron chi connectivity index (χ2n) is 3.40. The molecule has 0 atom stereocenters. The van der Waals surface area contributed by atoms with Crippen LogP contribution in [0.2, 0.25) is 0 Å². The SMILES string of the molecule is O=[S+]C(I)(I)C(I)(I)C(I)(I)C(I)(I)C(I)(I)C(I)(I)I. The van der Waals surface area contributed by atoms with Gasteiger partial charge in [-0.3, -0.25) is 0 Å². The van der Waals surface area contributed by atoms with Crippen molar-refractivity contribution in [3.05, 3.63) is 0 Å². The first kappa shape index (κ1) is 30.5. The van der Waals surface area contributed by atoms with Crippen molar-refractivity contribution < 1.29 is 4.21 Å². The molecule has 0 bridgehead atoms. The monoisotopic (exact) mass is 1770 g/mol. The summed E-state index contributed by atoms with van der Waals surface area (Å²) in [4.78, 5) is 0. The van der Waals surface area contributed by atoms with E-state index in [2.05, 4.69) is 294 Å². The lowest BCUT2D eigenvalue weighted by Crippen LogP contribution is -2.62. The van der Waals surface area contributed by atoms with Crippen LogP contribution >= 0.6 is 294 Å². The third-order valence-electron chi connectivity index (χ3n) is 2.01. The van der Waals surface area contributed by atoms with Crippen LogP contribution in [-0.4, -0.2) is 5.91 Å². The van der Waals surface area contributed by atoms with Crippen molar-refractivity contribution in [3.8, 4) is 0 Å². The molecule has 0 heterocycles. The first-order valence-electron chi connectivity index (χ1n) is 4.08. The maximum absolute atomic E-state index is 11.7. The molecule has 0 spiro atoms. The molecule has 0 aromatic carbocycles. The molecule has 0 radical (unpaired) electrons. The van der Waals surface area contributed by atoms with Gasteiger partial charge in [-0.2, -0.15) is 0 Å². The van der Waals surface area contributed by atoms with E-state index in [9.17, 15) is 4.21 Å². The third kappa shape index (κ3) is 6.75. The predicted molar refractivity (Wildman–Crippen MR) is 207 cm³/mol. The predicted octanol–water partition coefficient (Wildman–Crippen LogP) is 10.2. The van der Waals surface area contributed by atoms with E-state index >= 15 is 0 Å². The van der Waals surface area contributed by atoms with E-state index in [1.807, 2.05) is 0 Å². The van der Waals surface area contributed by atoms with Crippen LogP contribution in [0.1, 0.15) is 0 Å². The molecule has 0 unspecified atom stereocenters. The molecule has 0 saturated carbocycles. The highest BCUT2D eigenvalue weighted by Gasteiger charge is 2.76. The van der Waals surface area contributed by atoms with Crippen molar-refractivity contribution in [2.75, 3.05) is 0 Å². The lowest BCUT2D eigenvalue weighted by Gasteiger charge is -2.51. The minimum atomic E-state index is -0.443. The van der Waals surface area contributed by atoms with Gasteiger partial charge >= 0.3 is 12.4 Å². The molecule has 1 nitrogen and oxygen atoms in total. The van der Waals surface area contributed by atoms with Crippen LogP contribution in [0, 0.1) is 0 Å². The van der Waals surface area contributed by atoms with Crippen LogP contribution < -0.4 is 0 Å². The van der Waals surface area contributed by atoms with Crippen LogP contribution in [0.4, 0.5) is 0 Å². The van der Waals surface area contributed by atoms with Gasteiger partial charge in [-0.1, -0.05) is 248 Å². The molecule has 0 fully saturated rings. The summed E-state index contributed by atoms with van der Waals surface area (Å²) in [6.07, 6.45) is 0. The average molecular weight is 1770 g/mol. The summed E-state index contributed by atoms with van der Waals surface area (Å²) in [5.41, 5.74) is 0. The molecule has 126 valence electrons. The second kappa shape index (κ2) is 11.1. The fourth-order valence-corrected chi connectivity index (χ4v) is 18.1. The Balaban J connectivity index is 6.20. The summed E-state index contributed by atoms with van der Waals surface area (Å²) in [5, 5.41) is 0. The largest absolute Gasteiger partial charge is 0.490 e. The Labute approximate surface area is 305 Å². The van der Waals surface area contributed by atoms with Crippen LogP contribution in [0.25, 0.3) is 0 Å². The van der Waals surface area contributed by atoms with Gasteiger partial charge in [0, 0.05) is 49.4 Å². The van der Waals surface area contributed by atoms with Gasteiger partial charge in [0.15, 0.2) is 1.43 Å². The van der Waals surface area contributed by atoms with Gasteiger partial charge in [0.1, 0.15) is 3.72 Å². The summed E-state index contributed by atoms with van der Waals surface area (Å²) in [5.74, 6) is 0. The average Bonchev–Trinajstić information content (AvgIpc) is 2.26. The standard InChI is InChI=1S/C6I13OS/c7-1(8,3(11,12)5(15,16)17)2(9,10)4(13,14)6(18,19)21-20/q+1. The van der Waals surface area contributed by atoms with E-state index in [1.165, 1.54) is 0 Å². The summed E-state index contributed by atoms with van der Waals surface area (Å²) in [6.45, 7) is 0. The zero-order valence-corrected chi connectivity index (χ0v) is 37.6. The fourth-order valence-electron chi connectivity index (χ4n) is 0.807. The van der Waals surface area contributed by atoms with Gasteiger partial charge in [-0.25, -0.2) is 0 Å². The number of rotatable bonds is 6. The first-order chi connectivity index (χ1) is 8.81. The number of alkyl halides is 13. The van der Waals surface area contributed by atoms with Gasteiger partial charge in [-0.15, -0.1) is 0 Å². The molecule has 0 aromatic heterocycles. The van der Waals surface area contributed by atoms with Crippen molar-refractivity contribution in [1.82, 2.24) is 0 Å². The second-order valence-corrected chi connectivity index (χ2v) is 43.2. The Bertz CT molecular complexity index is 409. The van der Waals surface area contributed by atoms with Crippen molar-refractivity contribution in [2.45, 2.75) is 5.91 Å². The van der Waals surface area contributed by atoms with E-state index < -0.39 is 0.760 Å². The van der Waals surface area contributed by atoms with Crippen LogP contribution in [0.3, 0.4) is 0 Å². The van der Waals surface area contributed by atoms with E-state index in [-0.39, 0.29) is 5.15 Å². The Hall–Kier alpha value is 9.51. The van der Waals surface area contributed by atoms with Crippen molar-refractivity contribution in [3.63, 3.8) is 0 Å². The van der Waals surface area contributed by atoms with E-state index in [1.54, 1.807) is 0 Å². The number of hydrogen-bond donors (Lipinski definition) is 0. The minimum absolute atomic E-state index is 0.0286. The molecule has 0 aliphatic rings. The van der Waals surface area contributed by atoms with Gasteiger partial charge in [0.25, 0.3) is 0 Å². The quantitative estimate of drug-likeness (QED) is 0.147. The molecule has 0 aromatic rings. The number of halogens is 13. The number of hydrogen-bond acceptors (Lipinski definition) is 1. The molecular formula is C6I13OS+. The smallest absolute Gasteiger partial charge is 0.0623 e. The van der Waals surface area contributed by atoms with Gasteiger partial charge in [0.2, 0.25) is 0 Å². The summed E-state index contributed by atoms with van der Waals surface area (Å²) in [6, 6.07) is 0.